The summed E-state index contributed by atoms with van der Waals surface area (Å²) in [5.41, 5.74) is 5.77. The molecular formula is C10H13Cl2N3O3. The normalized spacial score (nSPS) is 11.3. The van der Waals surface area contributed by atoms with E-state index >= 15 is 0 Å². The van der Waals surface area contributed by atoms with Crippen molar-refractivity contribution in [2.75, 3.05) is 0 Å². The highest BCUT2D eigenvalue weighted by Gasteiger charge is 2.11. The SMILES string of the molecule is C[C@@H](N)C(=O)NCc1cc([N+](=O)[O-])ccc1Cl.Cl. The molecule has 0 unspecified atom stereocenters. The first-order valence-electron chi connectivity index (χ1n) is 4.88. The van der Waals surface area contributed by atoms with Gasteiger partial charge in [-0.15, -0.1) is 12.4 Å². The molecule has 1 rings (SSSR count). The van der Waals surface area contributed by atoms with Crippen LogP contribution >= 0.6 is 24.0 Å². The second kappa shape index (κ2) is 7.15. The molecule has 0 aliphatic heterocycles. The van der Waals surface area contributed by atoms with Crippen LogP contribution in [0.15, 0.2) is 18.2 Å². The molecule has 0 aromatic heterocycles. The quantitative estimate of drug-likeness (QED) is 0.651. The number of nitro groups is 1. The van der Waals surface area contributed by atoms with Crippen LogP contribution in [0.4, 0.5) is 5.69 Å². The number of halogens is 2. The molecule has 0 aliphatic carbocycles. The summed E-state index contributed by atoms with van der Waals surface area (Å²) >= 11 is 5.86. The van der Waals surface area contributed by atoms with Crippen LogP contribution in [-0.4, -0.2) is 16.9 Å². The molecule has 1 amide bonds. The maximum absolute atomic E-state index is 11.2. The van der Waals surface area contributed by atoms with Gasteiger partial charge in [0.1, 0.15) is 0 Å². The summed E-state index contributed by atoms with van der Waals surface area (Å²) in [7, 11) is 0. The van der Waals surface area contributed by atoms with Gasteiger partial charge in [0.05, 0.1) is 11.0 Å². The molecule has 0 bridgehead atoms. The van der Waals surface area contributed by atoms with E-state index in [0.29, 0.717) is 10.6 Å². The zero-order valence-corrected chi connectivity index (χ0v) is 11.1. The van der Waals surface area contributed by atoms with Gasteiger partial charge in [0.2, 0.25) is 5.91 Å². The summed E-state index contributed by atoms with van der Waals surface area (Å²) in [5, 5.41) is 13.5. The number of nitrogens with two attached hydrogens (primary N) is 1. The molecule has 6 nitrogen and oxygen atoms in total. The van der Waals surface area contributed by atoms with Crippen LogP contribution < -0.4 is 11.1 Å². The number of nitro benzene ring substituents is 1. The van der Waals surface area contributed by atoms with Gasteiger partial charge in [-0.25, -0.2) is 0 Å². The number of rotatable bonds is 4. The summed E-state index contributed by atoms with van der Waals surface area (Å²) in [6, 6.07) is 3.42. The molecule has 18 heavy (non-hydrogen) atoms. The number of hydrogen-bond acceptors (Lipinski definition) is 4. The largest absolute Gasteiger partial charge is 0.351 e. The fraction of sp³-hybridized carbons (Fsp3) is 0.300. The lowest BCUT2D eigenvalue weighted by Crippen LogP contribution is -2.37. The molecule has 0 saturated heterocycles. The fourth-order valence-corrected chi connectivity index (χ4v) is 1.34. The summed E-state index contributed by atoms with van der Waals surface area (Å²) in [5.74, 6) is -0.340. The van der Waals surface area contributed by atoms with Gasteiger partial charge < -0.3 is 11.1 Å². The highest BCUT2D eigenvalue weighted by atomic mass is 35.5. The summed E-state index contributed by atoms with van der Waals surface area (Å²) < 4.78 is 0. The number of nitrogens with one attached hydrogen (secondary N) is 1. The van der Waals surface area contributed by atoms with Crippen molar-refractivity contribution >= 4 is 35.6 Å². The number of nitrogens with zero attached hydrogens (tertiary/aromatic N) is 1. The first-order valence-corrected chi connectivity index (χ1v) is 5.25. The number of benzene rings is 1. The number of carbonyl (C=O) groups excluding carboxylic acids is 1. The van der Waals surface area contributed by atoms with Crippen molar-refractivity contribution in [3.63, 3.8) is 0 Å². The van der Waals surface area contributed by atoms with Crippen molar-refractivity contribution in [1.29, 1.82) is 0 Å². The first kappa shape index (κ1) is 16.6. The van der Waals surface area contributed by atoms with Crippen molar-refractivity contribution in [3.8, 4) is 0 Å². The number of non-ortho nitro benzene ring substituents is 1. The molecule has 0 spiro atoms. The van der Waals surface area contributed by atoms with Crippen molar-refractivity contribution in [3.05, 3.63) is 38.9 Å². The van der Waals surface area contributed by atoms with Gasteiger partial charge in [-0.1, -0.05) is 11.6 Å². The van der Waals surface area contributed by atoms with Crippen LogP contribution in [0.25, 0.3) is 0 Å². The predicted octanol–water partition coefficient (Wildman–Crippen LogP) is 1.63. The first-order chi connectivity index (χ1) is 7.91. The Morgan fingerprint density at radius 3 is 2.72 bits per heavy atom. The van der Waals surface area contributed by atoms with Crippen molar-refractivity contribution < 1.29 is 9.72 Å². The molecule has 0 heterocycles. The predicted molar refractivity (Wildman–Crippen MR) is 70.9 cm³/mol. The van der Waals surface area contributed by atoms with E-state index in [1.165, 1.54) is 18.2 Å². The lowest BCUT2D eigenvalue weighted by Gasteiger charge is -2.08. The van der Waals surface area contributed by atoms with E-state index in [-0.39, 0.29) is 30.5 Å². The van der Waals surface area contributed by atoms with Crippen molar-refractivity contribution in [2.45, 2.75) is 19.5 Å². The van der Waals surface area contributed by atoms with Gasteiger partial charge in [0, 0.05) is 23.7 Å². The van der Waals surface area contributed by atoms with E-state index < -0.39 is 11.0 Å². The maximum atomic E-state index is 11.2. The van der Waals surface area contributed by atoms with E-state index in [9.17, 15) is 14.9 Å². The Kier molecular flexibility index (Phi) is 6.61. The van der Waals surface area contributed by atoms with E-state index in [1.807, 2.05) is 0 Å². The molecule has 1 aromatic carbocycles. The van der Waals surface area contributed by atoms with Gasteiger partial charge in [0.15, 0.2) is 0 Å². The third kappa shape index (κ3) is 4.48. The molecule has 1 aromatic rings. The Balaban J connectivity index is 0.00000289. The van der Waals surface area contributed by atoms with E-state index in [0.717, 1.165) is 0 Å². The van der Waals surface area contributed by atoms with E-state index in [4.69, 9.17) is 17.3 Å². The average Bonchev–Trinajstić information content (AvgIpc) is 2.26. The van der Waals surface area contributed by atoms with Crippen LogP contribution in [0, 0.1) is 10.1 Å². The van der Waals surface area contributed by atoms with E-state index in [1.54, 1.807) is 6.92 Å². The molecule has 1 atom stereocenters. The zero-order chi connectivity index (χ0) is 13.0. The van der Waals surface area contributed by atoms with Gasteiger partial charge in [-0.3, -0.25) is 14.9 Å². The van der Waals surface area contributed by atoms with E-state index in [2.05, 4.69) is 5.32 Å². The molecule has 0 radical (unpaired) electrons. The topological polar surface area (TPSA) is 98.3 Å². The monoisotopic (exact) mass is 293 g/mol. The molecule has 8 heteroatoms. The Bertz CT molecular complexity index is 452. The zero-order valence-electron chi connectivity index (χ0n) is 9.55. The number of hydrogen-bond donors (Lipinski definition) is 2. The Morgan fingerprint density at radius 2 is 2.22 bits per heavy atom. The van der Waals surface area contributed by atoms with Crippen LogP contribution in [0.3, 0.4) is 0 Å². The smallest absolute Gasteiger partial charge is 0.269 e. The van der Waals surface area contributed by atoms with Gasteiger partial charge in [-0.05, 0) is 18.6 Å². The molecule has 0 aliphatic rings. The second-order valence-corrected chi connectivity index (χ2v) is 3.95. The molecule has 0 fully saturated rings. The van der Waals surface area contributed by atoms with Crippen LogP contribution in [0.5, 0.6) is 0 Å². The summed E-state index contributed by atoms with van der Waals surface area (Å²) in [6.45, 7) is 1.66. The lowest BCUT2D eigenvalue weighted by atomic mass is 10.2. The highest BCUT2D eigenvalue weighted by Crippen LogP contribution is 2.21. The molecule has 3 N–H and O–H groups in total. The minimum Gasteiger partial charge on any atom is -0.351 e. The average molecular weight is 294 g/mol. The maximum Gasteiger partial charge on any atom is 0.269 e. The van der Waals surface area contributed by atoms with Crippen molar-refractivity contribution in [1.82, 2.24) is 5.32 Å². The number of carbonyl (C=O) groups is 1. The number of amides is 1. The summed E-state index contributed by atoms with van der Waals surface area (Å²) in [4.78, 5) is 21.3. The third-order valence-electron chi connectivity index (χ3n) is 2.11. The van der Waals surface area contributed by atoms with Gasteiger partial charge in [0.25, 0.3) is 5.69 Å². The Labute approximate surface area is 115 Å². The lowest BCUT2D eigenvalue weighted by molar-refractivity contribution is -0.384. The van der Waals surface area contributed by atoms with Gasteiger partial charge >= 0.3 is 0 Å². The molecule has 100 valence electrons. The Hall–Kier alpha value is -1.37. The highest BCUT2D eigenvalue weighted by molar-refractivity contribution is 6.31. The van der Waals surface area contributed by atoms with Crippen LogP contribution in [-0.2, 0) is 11.3 Å². The minimum atomic E-state index is -0.632. The third-order valence-corrected chi connectivity index (χ3v) is 2.48. The fourth-order valence-electron chi connectivity index (χ4n) is 1.15. The summed E-state index contributed by atoms with van der Waals surface area (Å²) in [6.07, 6.45) is 0. The molecular weight excluding hydrogens is 281 g/mol. The van der Waals surface area contributed by atoms with Crippen molar-refractivity contribution in [2.24, 2.45) is 5.73 Å². The van der Waals surface area contributed by atoms with Gasteiger partial charge in [-0.2, -0.15) is 0 Å². The molecule has 0 saturated carbocycles. The Morgan fingerprint density at radius 1 is 1.61 bits per heavy atom. The standard InChI is InChI=1S/C10H12ClN3O3.ClH/c1-6(12)10(15)13-5-7-4-8(14(16)17)2-3-9(7)11;/h2-4,6H,5,12H2,1H3,(H,13,15);1H/t6-;/m1./s1. The van der Waals surface area contributed by atoms with Crippen LogP contribution in [0.2, 0.25) is 5.02 Å². The second-order valence-electron chi connectivity index (χ2n) is 3.54. The minimum absolute atomic E-state index is 0. The van der Waals surface area contributed by atoms with Crippen LogP contribution in [0.1, 0.15) is 12.5 Å².